The van der Waals surface area contributed by atoms with Crippen LogP contribution in [0.4, 0.5) is 0 Å². The number of carbonyl (C=O) groups excluding carboxylic acids is 1. The Balaban J connectivity index is 2.53. The summed E-state index contributed by atoms with van der Waals surface area (Å²) >= 11 is 0. The average Bonchev–Trinajstić information content (AvgIpc) is 2.29. The van der Waals surface area contributed by atoms with E-state index in [-0.39, 0.29) is 17.9 Å². The van der Waals surface area contributed by atoms with E-state index in [4.69, 9.17) is 4.74 Å². The Kier molecular flexibility index (Phi) is 5.40. The van der Waals surface area contributed by atoms with E-state index in [9.17, 15) is 4.79 Å². The van der Waals surface area contributed by atoms with Gasteiger partial charge in [0.05, 0.1) is 7.11 Å². The quantitative estimate of drug-likeness (QED) is 0.754. The first kappa shape index (κ1) is 14.5. The van der Waals surface area contributed by atoms with Gasteiger partial charge in [0.25, 0.3) is 0 Å². The Labute approximate surface area is 105 Å². The standard InChI is InChI=1S/C13H26N2O2/c1-9(2)12(13(16)17-5)14-11-6-7-15(4)10(3)8-11/h9-12,14H,6-8H2,1-5H3. The molecule has 100 valence electrons. The van der Waals surface area contributed by atoms with Gasteiger partial charge in [-0.3, -0.25) is 4.79 Å². The summed E-state index contributed by atoms with van der Waals surface area (Å²) in [5, 5.41) is 3.46. The van der Waals surface area contributed by atoms with Crippen molar-refractivity contribution in [2.75, 3.05) is 20.7 Å². The highest BCUT2D eigenvalue weighted by atomic mass is 16.5. The molecular formula is C13H26N2O2. The van der Waals surface area contributed by atoms with Crippen LogP contribution in [0.15, 0.2) is 0 Å². The molecule has 0 bridgehead atoms. The van der Waals surface area contributed by atoms with Crippen LogP contribution in [0.2, 0.25) is 0 Å². The highest BCUT2D eigenvalue weighted by Crippen LogP contribution is 2.17. The van der Waals surface area contributed by atoms with E-state index in [1.165, 1.54) is 7.11 Å². The van der Waals surface area contributed by atoms with Crippen LogP contribution in [0.3, 0.4) is 0 Å². The monoisotopic (exact) mass is 242 g/mol. The Morgan fingerprint density at radius 1 is 1.47 bits per heavy atom. The minimum atomic E-state index is -0.180. The van der Waals surface area contributed by atoms with Crippen molar-refractivity contribution in [1.29, 1.82) is 0 Å². The van der Waals surface area contributed by atoms with Gasteiger partial charge in [0.2, 0.25) is 0 Å². The van der Waals surface area contributed by atoms with E-state index < -0.39 is 0 Å². The second-order valence-corrected chi connectivity index (χ2v) is 5.46. The predicted octanol–water partition coefficient (Wildman–Crippen LogP) is 1.26. The number of esters is 1. The van der Waals surface area contributed by atoms with Crippen LogP contribution in [0.5, 0.6) is 0 Å². The summed E-state index contributed by atoms with van der Waals surface area (Å²) in [6, 6.07) is 0.819. The van der Waals surface area contributed by atoms with E-state index in [1.807, 2.05) is 13.8 Å². The van der Waals surface area contributed by atoms with E-state index in [0.29, 0.717) is 12.1 Å². The highest BCUT2D eigenvalue weighted by Gasteiger charge is 2.29. The molecule has 0 aromatic heterocycles. The van der Waals surface area contributed by atoms with Crippen molar-refractivity contribution in [3.63, 3.8) is 0 Å². The highest BCUT2D eigenvalue weighted by molar-refractivity contribution is 5.75. The van der Waals surface area contributed by atoms with Crippen LogP contribution in [0.25, 0.3) is 0 Å². The van der Waals surface area contributed by atoms with Gasteiger partial charge >= 0.3 is 5.97 Å². The Hall–Kier alpha value is -0.610. The Morgan fingerprint density at radius 2 is 2.12 bits per heavy atom. The third kappa shape index (κ3) is 3.96. The number of piperidine rings is 1. The van der Waals surface area contributed by atoms with Crippen molar-refractivity contribution in [3.05, 3.63) is 0 Å². The largest absolute Gasteiger partial charge is 0.468 e. The molecule has 0 amide bonds. The van der Waals surface area contributed by atoms with Crippen molar-refractivity contribution >= 4 is 5.97 Å². The Morgan fingerprint density at radius 3 is 2.59 bits per heavy atom. The van der Waals surface area contributed by atoms with Gasteiger partial charge in [-0.15, -0.1) is 0 Å². The molecule has 4 heteroatoms. The van der Waals surface area contributed by atoms with Crippen LogP contribution < -0.4 is 5.32 Å². The number of methoxy groups -OCH3 is 1. The minimum Gasteiger partial charge on any atom is -0.468 e. The minimum absolute atomic E-state index is 0.147. The molecule has 0 spiro atoms. The van der Waals surface area contributed by atoms with E-state index >= 15 is 0 Å². The fourth-order valence-corrected chi connectivity index (χ4v) is 2.35. The number of ether oxygens (including phenoxy) is 1. The molecule has 0 aromatic rings. The molecular weight excluding hydrogens is 216 g/mol. The first-order chi connectivity index (χ1) is 7.95. The van der Waals surface area contributed by atoms with Crippen LogP contribution in [0, 0.1) is 5.92 Å². The van der Waals surface area contributed by atoms with Crippen molar-refractivity contribution in [3.8, 4) is 0 Å². The van der Waals surface area contributed by atoms with Crippen molar-refractivity contribution in [1.82, 2.24) is 10.2 Å². The summed E-state index contributed by atoms with van der Waals surface area (Å²) in [6.45, 7) is 7.42. The lowest BCUT2D eigenvalue weighted by molar-refractivity contribution is -0.144. The van der Waals surface area contributed by atoms with Gasteiger partial charge in [0.15, 0.2) is 0 Å². The smallest absolute Gasteiger partial charge is 0.323 e. The fraction of sp³-hybridized carbons (Fsp3) is 0.923. The molecule has 1 aliphatic rings. The molecule has 0 saturated carbocycles. The molecule has 1 heterocycles. The fourth-order valence-electron chi connectivity index (χ4n) is 2.35. The number of nitrogens with zero attached hydrogens (tertiary/aromatic N) is 1. The zero-order valence-electron chi connectivity index (χ0n) is 11.7. The zero-order valence-corrected chi connectivity index (χ0v) is 11.7. The van der Waals surface area contributed by atoms with Crippen molar-refractivity contribution in [2.45, 2.75) is 51.7 Å². The summed E-state index contributed by atoms with van der Waals surface area (Å²) in [7, 11) is 3.61. The van der Waals surface area contributed by atoms with Gasteiger partial charge in [-0.25, -0.2) is 0 Å². The average molecular weight is 242 g/mol. The molecule has 0 aliphatic carbocycles. The SMILES string of the molecule is COC(=O)C(NC1CCN(C)C(C)C1)C(C)C. The first-order valence-electron chi connectivity index (χ1n) is 6.49. The molecule has 0 radical (unpaired) electrons. The normalized spacial score (nSPS) is 28.1. The molecule has 1 fully saturated rings. The number of carbonyl (C=O) groups is 1. The first-order valence-corrected chi connectivity index (χ1v) is 6.49. The van der Waals surface area contributed by atoms with E-state index in [2.05, 4.69) is 24.2 Å². The van der Waals surface area contributed by atoms with Gasteiger partial charge < -0.3 is 15.0 Å². The summed E-state index contributed by atoms with van der Waals surface area (Å²) in [6.07, 6.45) is 2.19. The molecule has 1 rings (SSSR count). The lowest BCUT2D eigenvalue weighted by Gasteiger charge is -2.37. The van der Waals surface area contributed by atoms with Crippen LogP contribution in [-0.2, 0) is 9.53 Å². The number of hydrogen-bond acceptors (Lipinski definition) is 4. The topological polar surface area (TPSA) is 41.6 Å². The van der Waals surface area contributed by atoms with Gasteiger partial charge in [-0.1, -0.05) is 13.8 Å². The number of nitrogens with one attached hydrogen (secondary N) is 1. The maximum absolute atomic E-state index is 11.7. The van der Waals surface area contributed by atoms with Gasteiger partial charge in [0, 0.05) is 12.1 Å². The maximum atomic E-state index is 11.7. The van der Waals surface area contributed by atoms with Gasteiger partial charge in [-0.05, 0) is 39.3 Å². The number of rotatable bonds is 4. The lowest BCUT2D eigenvalue weighted by Crippen LogP contribution is -2.52. The maximum Gasteiger partial charge on any atom is 0.323 e. The second-order valence-electron chi connectivity index (χ2n) is 5.46. The predicted molar refractivity (Wildman–Crippen MR) is 68.9 cm³/mol. The second kappa shape index (κ2) is 6.36. The molecule has 1 N–H and O–H groups in total. The van der Waals surface area contributed by atoms with Crippen LogP contribution >= 0.6 is 0 Å². The molecule has 3 atom stereocenters. The summed E-state index contributed by atoms with van der Waals surface area (Å²) in [4.78, 5) is 14.0. The van der Waals surface area contributed by atoms with Crippen LogP contribution in [-0.4, -0.2) is 49.7 Å². The molecule has 1 saturated heterocycles. The number of hydrogen-bond donors (Lipinski definition) is 1. The van der Waals surface area contributed by atoms with Gasteiger partial charge in [0.1, 0.15) is 6.04 Å². The van der Waals surface area contributed by atoms with Crippen molar-refractivity contribution < 1.29 is 9.53 Å². The summed E-state index contributed by atoms with van der Waals surface area (Å²) in [5.74, 6) is 0.115. The third-order valence-electron chi connectivity index (χ3n) is 3.75. The molecule has 4 nitrogen and oxygen atoms in total. The number of likely N-dealkylation sites (tertiary alicyclic amines) is 1. The summed E-state index contributed by atoms with van der Waals surface area (Å²) < 4.78 is 4.85. The van der Waals surface area contributed by atoms with Crippen LogP contribution in [0.1, 0.15) is 33.6 Å². The molecule has 17 heavy (non-hydrogen) atoms. The zero-order chi connectivity index (χ0) is 13.0. The van der Waals surface area contributed by atoms with Crippen molar-refractivity contribution in [2.24, 2.45) is 5.92 Å². The molecule has 0 aromatic carbocycles. The van der Waals surface area contributed by atoms with E-state index in [1.54, 1.807) is 0 Å². The Bertz CT molecular complexity index is 256. The molecule has 3 unspecified atom stereocenters. The lowest BCUT2D eigenvalue weighted by atomic mass is 9.96. The summed E-state index contributed by atoms with van der Waals surface area (Å²) in [5.41, 5.74) is 0. The van der Waals surface area contributed by atoms with Gasteiger partial charge in [-0.2, -0.15) is 0 Å². The third-order valence-corrected chi connectivity index (χ3v) is 3.75. The molecule has 1 aliphatic heterocycles. The van der Waals surface area contributed by atoms with E-state index in [0.717, 1.165) is 19.4 Å².